The molecular formula is C12H15ClO. The van der Waals surface area contributed by atoms with E-state index in [4.69, 9.17) is 16.3 Å². The van der Waals surface area contributed by atoms with E-state index < -0.39 is 0 Å². The average Bonchev–Trinajstić information content (AvgIpc) is 2.44. The first-order valence-corrected chi connectivity index (χ1v) is 5.57. The van der Waals surface area contributed by atoms with Crippen LogP contribution in [-0.4, -0.2) is 6.61 Å². The molecule has 1 aliphatic carbocycles. The number of alkyl halides is 1. The van der Waals surface area contributed by atoms with Gasteiger partial charge in [-0.05, 0) is 30.9 Å². The Morgan fingerprint density at radius 1 is 1.50 bits per heavy atom. The topological polar surface area (TPSA) is 9.23 Å². The Hall–Kier alpha value is -0.690. The van der Waals surface area contributed by atoms with E-state index in [1.165, 1.54) is 11.1 Å². The summed E-state index contributed by atoms with van der Waals surface area (Å²) in [6.45, 7) is 4.94. The Morgan fingerprint density at radius 3 is 3.00 bits per heavy atom. The summed E-state index contributed by atoms with van der Waals surface area (Å²) >= 11 is 6.25. The molecule has 0 radical (unpaired) electrons. The fourth-order valence-electron chi connectivity index (χ4n) is 2.20. The number of rotatable bonds is 2. The molecule has 0 fully saturated rings. The standard InChI is InChI=1S/C12H15ClO/c1-3-14-11-6-4-5-9-10(13)7-8(2)12(9)11/h4-6,8,10H,3,7H2,1-2H3. The van der Waals surface area contributed by atoms with Gasteiger partial charge in [0.1, 0.15) is 5.75 Å². The van der Waals surface area contributed by atoms with Gasteiger partial charge < -0.3 is 4.74 Å². The summed E-state index contributed by atoms with van der Waals surface area (Å²) in [5.41, 5.74) is 2.57. The summed E-state index contributed by atoms with van der Waals surface area (Å²) in [5, 5.41) is 0.167. The van der Waals surface area contributed by atoms with Crippen molar-refractivity contribution in [1.82, 2.24) is 0 Å². The largest absolute Gasteiger partial charge is 0.494 e. The normalized spacial score (nSPS) is 24.8. The lowest BCUT2D eigenvalue weighted by molar-refractivity contribution is 0.335. The second-order valence-electron chi connectivity index (χ2n) is 3.80. The number of hydrogen-bond acceptors (Lipinski definition) is 1. The Kier molecular flexibility index (Phi) is 2.69. The van der Waals surface area contributed by atoms with Crippen LogP contribution < -0.4 is 4.74 Å². The number of halogens is 1. The summed E-state index contributed by atoms with van der Waals surface area (Å²) in [6, 6.07) is 6.17. The van der Waals surface area contributed by atoms with Gasteiger partial charge in [0.15, 0.2) is 0 Å². The first-order chi connectivity index (χ1) is 6.74. The summed E-state index contributed by atoms with van der Waals surface area (Å²) < 4.78 is 5.61. The van der Waals surface area contributed by atoms with Gasteiger partial charge in [-0.2, -0.15) is 0 Å². The fourth-order valence-corrected chi connectivity index (χ4v) is 2.66. The average molecular weight is 211 g/mol. The zero-order valence-corrected chi connectivity index (χ0v) is 9.34. The Bertz CT molecular complexity index is 335. The van der Waals surface area contributed by atoms with E-state index in [1.54, 1.807) is 0 Å². The van der Waals surface area contributed by atoms with Crippen molar-refractivity contribution in [2.45, 2.75) is 31.6 Å². The molecule has 14 heavy (non-hydrogen) atoms. The van der Waals surface area contributed by atoms with Gasteiger partial charge >= 0.3 is 0 Å². The number of ether oxygens (including phenoxy) is 1. The zero-order chi connectivity index (χ0) is 10.1. The van der Waals surface area contributed by atoms with Gasteiger partial charge in [-0.15, -0.1) is 11.6 Å². The van der Waals surface area contributed by atoms with Crippen LogP contribution in [-0.2, 0) is 0 Å². The fraction of sp³-hybridized carbons (Fsp3) is 0.500. The molecule has 0 spiro atoms. The van der Waals surface area contributed by atoms with Crippen molar-refractivity contribution in [3.63, 3.8) is 0 Å². The molecule has 1 aromatic rings. The van der Waals surface area contributed by atoms with Gasteiger partial charge in [0.05, 0.1) is 12.0 Å². The SMILES string of the molecule is CCOc1cccc2c1C(C)CC2Cl. The van der Waals surface area contributed by atoms with Gasteiger partial charge in [0, 0.05) is 5.56 Å². The summed E-state index contributed by atoms with van der Waals surface area (Å²) in [6.07, 6.45) is 1.03. The van der Waals surface area contributed by atoms with Crippen LogP contribution in [0.4, 0.5) is 0 Å². The van der Waals surface area contributed by atoms with E-state index in [-0.39, 0.29) is 5.38 Å². The van der Waals surface area contributed by atoms with E-state index in [2.05, 4.69) is 13.0 Å². The van der Waals surface area contributed by atoms with E-state index in [0.29, 0.717) is 5.92 Å². The van der Waals surface area contributed by atoms with E-state index >= 15 is 0 Å². The maximum absolute atomic E-state index is 6.25. The highest BCUT2D eigenvalue weighted by Crippen LogP contribution is 2.47. The minimum absolute atomic E-state index is 0.167. The molecule has 0 amide bonds. The lowest BCUT2D eigenvalue weighted by Gasteiger charge is -2.11. The second-order valence-corrected chi connectivity index (χ2v) is 4.32. The summed E-state index contributed by atoms with van der Waals surface area (Å²) in [5.74, 6) is 1.54. The second kappa shape index (κ2) is 3.82. The molecule has 76 valence electrons. The van der Waals surface area contributed by atoms with Crippen molar-refractivity contribution >= 4 is 11.6 Å². The molecule has 0 bridgehead atoms. The minimum Gasteiger partial charge on any atom is -0.494 e. The van der Waals surface area contributed by atoms with Crippen LogP contribution in [0.3, 0.4) is 0 Å². The van der Waals surface area contributed by atoms with E-state index in [1.807, 2.05) is 19.1 Å². The molecule has 0 saturated heterocycles. The predicted molar refractivity (Wildman–Crippen MR) is 59.2 cm³/mol. The Labute approximate surface area is 90.0 Å². The molecule has 0 aliphatic heterocycles. The third-order valence-electron chi connectivity index (χ3n) is 2.79. The van der Waals surface area contributed by atoms with Gasteiger partial charge in [0.2, 0.25) is 0 Å². The lowest BCUT2D eigenvalue weighted by Crippen LogP contribution is -1.97. The van der Waals surface area contributed by atoms with Crippen LogP contribution in [0.25, 0.3) is 0 Å². The monoisotopic (exact) mass is 210 g/mol. The van der Waals surface area contributed by atoms with Crippen molar-refractivity contribution < 1.29 is 4.74 Å². The zero-order valence-electron chi connectivity index (χ0n) is 8.59. The molecule has 2 atom stereocenters. The molecule has 2 rings (SSSR count). The quantitative estimate of drug-likeness (QED) is 0.674. The third kappa shape index (κ3) is 1.50. The molecule has 2 unspecified atom stereocenters. The molecule has 0 aromatic heterocycles. The number of fused-ring (bicyclic) bond motifs is 1. The molecule has 2 heteroatoms. The lowest BCUT2D eigenvalue weighted by atomic mass is 10.0. The van der Waals surface area contributed by atoms with Crippen LogP contribution >= 0.6 is 11.6 Å². The van der Waals surface area contributed by atoms with Crippen molar-refractivity contribution in [3.8, 4) is 5.75 Å². The third-order valence-corrected chi connectivity index (χ3v) is 3.20. The number of hydrogen-bond donors (Lipinski definition) is 0. The molecule has 0 N–H and O–H groups in total. The highest BCUT2D eigenvalue weighted by Gasteiger charge is 2.29. The number of benzene rings is 1. The smallest absolute Gasteiger partial charge is 0.123 e. The van der Waals surface area contributed by atoms with Crippen molar-refractivity contribution in [2.24, 2.45) is 0 Å². The first kappa shape index (κ1) is 9.85. The molecule has 1 aromatic carbocycles. The molecule has 1 aliphatic rings. The van der Waals surface area contributed by atoms with Crippen LogP contribution in [0.5, 0.6) is 5.75 Å². The first-order valence-electron chi connectivity index (χ1n) is 5.13. The van der Waals surface area contributed by atoms with Gasteiger partial charge in [-0.25, -0.2) is 0 Å². The highest BCUT2D eigenvalue weighted by atomic mass is 35.5. The Morgan fingerprint density at radius 2 is 2.29 bits per heavy atom. The highest BCUT2D eigenvalue weighted by molar-refractivity contribution is 6.21. The van der Waals surface area contributed by atoms with Crippen molar-refractivity contribution in [2.75, 3.05) is 6.61 Å². The van der Waals surface area contributed by atoms with Crippen molar-refractivity contribution in [1.29, 1.82) is 0 Å². The van der Waals surface area contributed by atoms with Crippen LogP contribution in [0.15, 0.2) is 18.2 Å². The molecular weight excluding hydrogens is 196 g/mol. The summed E-state index contributed by atoms with van der Waals surface area (Å²) in [4.78, 5) is 0. The molecule has 0 saturated carbocycles. The van der Waals surface area contributed by atoms with Crippen LogP contribution in [0.2, 0.25) is 0 Å². The maximum atomic E-state index is 6.25. The Balaban J connectivity index is 2.45. The summed E-state index contributed by atoms with van der Waals surface area (Å²) in [7, 11) is 0. The van der Waals surface area contributed by atoms with E-state index in [9.17, 15) is 0 Å². The van der Waals surface area contributed by atoms with Gasteiger partial charge in [-0.3, -0.25) is 0 Å². The molecule has 1 nitrogen and oxygen atoms in total. The van der Waals surface area contributed by atoms with Gasteiger partial charge in [-0.1, -0.05) is 19.1 Å². The van der Waals surface area contributed by atoms with Crippen molar-refractivity contribution in [3.05, 3.63) is 29.3 Å². The van der Waals surface area contributed by atoms with Crippen LogP contribution in [0.1, 0.15) is 42.7 Å². The minimum atomic E-state index is 0.167. The van der Waals surface area contributed by atoms with E-state index in [0.717, 1.165) is 18.8 Å². The molecule has 0 heterocycles. The predicted octanol–water partition coefficient (Wildman–Crippen LogP) is 3.87. The van der Waals surface area contributed by atoms with Gasteiger partial charge in [0.25, 0.3) is 0 Å². The maximum Gasteiger partial charge on any atom is 0.123 e. The van der Waals surface area contributed by atoms with Crippen LogP contribution in [0, 0.1) is 0 Å².